The Morgan fingerprint density at radius 2 is 2.08 bits per heavy atom. The van der Waals surface area contributed by atoms with Gasteiger partial charge in [0.2, 0.25) is 0 Å². The standard InChI is InChI=1S/C9H15NO2/c1-4-7-8-12-9(11)10(5-2)6-3/h4,7-8H,1,5-6H2,2-3H3/b8-7+. The van der Waals surface area contributed by atoms with Crippen molar-refractivity contribution < 1.29 is 9.53 Å². The number of hydrogen-bond acceptors (Lipinski definition) is 2. The van der Waals surface area contributed by atoms with E-state index in [1.165, 1.54) is 6.26 Å². The third-order valence-corrected chi connectivity index (χ3v) is 1.41. The van der Waals surface area contributed by atoms with Crippen molar-refractivity contribution in [2.24, 2.45) is 0 Å². The normalized spacial score (nSPS) is 9.83. The Balaban J connectivity index is 3.84. The third kappa shape index (κ3) is 3.81. The molecule has 0 atom stereocenters. The van der Waals surface area contributed by atoms with E-state index in [-0.39, 0.29) is 6.09 Å². The van der Waals surface area contributed by atoms with Gasteiger partial charge in [-0.25, -0.2) is 4.79 Å². The van der Waals surface area contributed by atoms with Crippen LogP contribution in [0.4, 0.5) is 4.79 Å². The number of carbonyl (C=O) groups excluding carboxylic acids is 1. The van der Waals surface area contributed by atoms with Gasteiger partial charge < -0.3 is 9.64 Å². The molecular formula is C9H15NO2. The summed E-state index contributed by atoms with van der Waals surface area (Å²) in [5.41, 5.74) is 0. The Bertz CT molecular complexity index is 171. The Hall–Kier alpha value is -1.25. The summed E-state index contributed by atoms with van der Waals surface area (Å²) in [6, 6.07) is 0. The van der Waals surface area contributed by atoms with Crippen molar-refractivity contribution in [2.75, 3.05) is 13.1 Å². The van der Waals surface area contributed by atoms with Crippen LogP contribution in [0.3, 0.4) is 0 Å². The highest BCUT2D eigenvalue weighted by Gasteiger charge is 2.07. The summed E-state index contributed by atoms with van der Waals surface area (Å²) in [6.07, 6.45) is 4.13. The van der Waals surface area contributed by atoms with Crippen molar-refractivity contribution in [1.29, 1.82) is 0 Å². The van der Waals surface area contributed by atoms with Crippen LogP contribution < -0.4 is 0 Å². The highest BCUT2D eigenvalue weighted by Crippen LogP contribution is 1.93. The second-order valence-electron chi connectivity index (χ2n) is 2.12. The zero-order valence-corrected chi connectivity index (χ0v) is 7.62. The first kappa shape index (κ1) is 10.8. The fraction of sp³-hybridized carbons (Fsp3) is 0.444. The Kier molecular flexibility index (Phi) is 5.79. The van der Waals surface area contributed by atoms with Gasteiger partial charge in [-0.05, 0) is 19.9 Å². The number of allylic oxidation sites excluding steroid dienone is 2. The second-order valence-corrected chi connectivity index (χ2v) is 2.12. The minimum atomic E-state index is -0.321. The number of rotatable bonds is 4. The monoisotopic (exact) mass is 169 g/mol. The lowest BCUT2D eigenvalue weighted by Gasteiger charge is -2.15. The van der Waals surface area contributed by atoms with Gasteiger partial charge in [-0.1, -0.05) is 12.7 Å². The Morgan fingerprint density at radius 3 is 2.50 bits per heavy atom. The molecule has 0 unspecified atom stereocenters. The van der Waals surface area contributed by atoms with Gasteiger partial charge in [-0.15, -0.1) is 0 Å². The largest absolute Gasteiger partial charge is 0.418 e. The van der Waals surface area contributed by atoms with Crippen LogP contribution in [0.1, 0.15) is 13.8 Å². The predicted octanol–water partition coefficient (Wildman–Crippen LogP) is 2.16. The molecule has 1 amide bonds. The fourth-order valence-corrected chi connectivity index (χ4v) is 0.709. The molecule has 0 aliphatic rings. The topological polar surface area (TPSA) is 29.5 Å². The van der Waals surface area contributed by atoms with Gasteiger partial charge >= 0.3 is 6.09 Å². The molecule has 0 saturated heterocycles. The van der Waals surface area contributed by atoms with Gasteiger partial charge in [0.15, 0.2) is 0 Å². The zero-order chi connectivity index (χ0) is 9.40. The summed E-state index contributed by atoms with van der Waals surface area (Å²) in [4.78, 5) is 12.7. The van der Waals surface area contributed by atoms with Crippen LogP contribution in [-0.2, 0) is 4.74 Å². The molecule has 0 fully saturated rings. The van der Waals surface area contributed by atoms with Crippen molar-refractivity contribution in [3.63, 3.8) is 0 Å². The number of nitrogens with zero attached hydrogens (tertiary/aromatic N) is 1. The van der Waals surface area contributed by atoms with Crippen molar-refractivity contribution in [2.45, 2.75) is 13.8 Å². The molecule has 68 valence electrons. The number of carbonyl (C=O) groups is 1. The van der Waals surface area contributed by atoms with E-state index >= 15 is 0 Å². The van der Waals surface area contributed by atoms with Crippen molar-refractivity contribution in [1.82, 2.24) is 4.90 Å². The average Bonchev–Trinajstić information content (AvgIpc) is 2.07. The molecule has 3 nitrogen and oxygen atoms in total. The summed E-state index contributed by atoms with van der Waals surface area (Å²) >= 11 is 0. The SMILES string of the molecule is C=C/C=C/OC(=O)N(CC)CC. The molecule has 0 rings (SSSR count). The maximum Gasteiger partial charge on any atom is 0.414 e. The summed E-state index contributed by atoms with van der Waals surface area (Å²) in [5, 5.41) is 0. The molecule has 0 aromatic carbocycles. The molecule has 0 spiro atoms. The van der Waals surface area contributed by atoms with Gasteiger partial charge in [0.1, 0.15) is 0 Å². The van der Waals surface area contributed by atoms with E-state index in [1.54, 1.807) is 17.1 Å². The first-order valence-electron chi connectivity index (χ1n) is 3.99. The molecule has 0 heterocycles. The van der Waals surface area contributed by atoms with Crippen LogP contribution >= 0.6 is 0 Å². The van der Waals surface area contributed by atoms with Crippen LogP contribution in [0.15, 0.2) is 25.0 Å². The number of amides is 1. The van der Waals surface area contributed by atoms with E-state index in [1.807, 2.05) is 13.8 Å². The predicted molar refractivity (Wildman–Crippen MR) is 48.7 cm³/mol. The van der Waals surface area contributed by atoms with Crippen LogP contribution in [0.2, 0.25) is 0 Å². The molecule has 0 bridgehead atoms. The van der Waals surface area contributed by atoms with E-state index < -0.39 is 0 Å². The fourth-order valence-electron chi connectivity index (χ4n) is 0.709. The second kappa shape index (κ2) is 6.46. The zero-order valence-electron chi connectivity index (χ0n) is 7.62. The molecule has 0 aromatic heterocycles. The molecule has 3 heteroatoms. The Labute approximate surface area is 73.3 Å². The van der Waals surface area contributed by atoms with E-state index in [9.17, 15) is 4.79 Å². The van der Waals surface area contributed by atoms with Crippen LogP contribution in [0.5, 0.6) is 0 Å². The smallest absolute Gasteiger partial charge is 0.414 e. The summed E-state index contributed by atoms with van der Waals surface area (Å²) in [5.74, 6) is 0. The average molecular weight is 169 g/mol. The maximum atomic E-state index is 11.1. The van der Waals surface area contributed by atoms with E-state index in [0.717, 1.165) is 0 Å². The van der Waals surface area contributed by atoms with Crippen LogP contribution in [0, 0.1) is 0 Å². The Morgan fingerprint density at radius 1 is 1.50 bits per heavy atom. The molecule has 12 heavy (non-hydrogen) atoms. The third-order valence-electron chi connectivity index (χ3n) is 1.41. The summed E-state index contributed by atoms with van der Waals surface area (Å²) < 4.78 is 4.76. The lowest BCUT2D eigenvalue weighted by atomic mass is 10.5. The highest BCUT2D eigenvalue weighted by molar-refractivity contribution is 5.68. The van der Waals surface area contributed by atoms with Gasteiger partial charge in [0, 0.05) is 13.1 Å². The number of ether oxygens (including phenoxy) is 1. The van der Waals surface area contributed by atoms with Crippen LogP contribution in [0.25, 0.3) is 0 Å². The number of hydrogen-bond donors (Lipinski definition) is 0. The molecule has 0 radical (unpaired) electrons. The van der Waals surface area contributed by atoms with Gasteiger partial charge in [-0.2, -0.15) is 0 Å². The van der Waals surface area contributed by atoms with Gasteiger partial charge in [-0.3, -0.25) is 0 Å². The van der Waals surface area contributed by atoms with E-state index in [4.69, 9.17) is 4.74 Å². The first-order chi connectivity index (χ1) is 5.76. The van der Waals surface area contributed by atoms with E-state index in [0.29, 0.717) is 13.1 Å². The van der Waals surface area contributed by atoms with Gasteiger partial charge in [0.25, 0.3) is 0 Å². The van der Waals surface area contributed by atoms with Crippen LogP contribution in [-0.4, -0.2) is 24.1 Å². The minimum absolute atomic E-state index is 0.321. The van der Waals surface area contributed by atoms with Crippen molar-refractivity contribution >= 4 is 6.09 Å². The van der Waals surface area contributed by atoms with Crippen molar-refractivity contribution in [3.8, 4) is 0 Å². The first-order valence-corrected chi connectivity index (χ1v) is 3.99. The molecule has 0 aliphatic carbocycles. The lowest BCUT2D eigenvalue weighted by molar-refractivity contribution is 0.142. The van der Waals surface area contributed by atoms with Gasteiger partial charge in [0.05, 0.1) is 6.26 Å². The minimum Gasteiger partial charge on any atom is -0.418 e. The lowest BCUT2D eigenvalue weighted by Crippen LogP contribution is -2.29. The quantitative estimate of drug-likeness (QED) is 0.476. The van der Waals surface area contributed by atoms with E-state index in [2.05, 4.69) is 6.58 Å². The van der Waals surface area contributed by atoms with Crippen molar-refractivity contribution in [3.05, 3.63) is 25.0 Å². The summed E-state index contributed by atoms with van der Waals surface area (Å²) in [7, 11) is 0. The molecule has 0 aromatic rings. The molecule has 0 aliphatic heterocycles. The summed E-state index contributed by atoms with van der Waals surface area (Å²) in [6.45, 7) is 8.59. The molecule has 0 N–H and O–H groups in total. The molecular weight excluding hydrogens is 154 g/mol. The molecule has 0 saturated carbocycles. The highest BCUT2D eigenvalue weighted by atomic mass is 16.5. The maximum absolute atomic E-state index is 11.1.